The van der Waals surface area contributed by atoms with Crippen LogP contribution in [-0.2, 0) is 16.1 Å². The van der Waals surface area contributed by atoms with Gasteiger partial charge in [-0.15, -0.1) is 23.7 Å². The summed E-state index contributed by atoms with van der Waals surface area (Å²) in [5.41, 5.74) is 0.550. The van der Waals surface area contributed by atoms with Crippen molar-refractivity contribution in [1.29, 1.82) is 0 Å². The van der Waals surface area contributed by atoms with Gasteiger partial charge in [0.25, 0.3) is 0 Å². The number of piperidine rings is 1. The summed E-state index contributed by atoms with van der Waals surface area (Å²) in [5, 5.41) is 17.3. The van der Waals surface area contributed by atoms with Crippen LogP contribution in [0.15, 0.2) is 35.7 Å². The number of halogens is 1. The minimum absolute atomic E-state index is 0. The summed E-state index contributed by atoms with van der Waals surface area (Å²) in [4.78, 5) is 36.5. The molecule has 5 rings (SSSR count). The molecule has 0 radical (unpaired) electrons. The number of aromatic nitrogens is 1. The number of hydrogen-bond donors (Lipinski definition) is 2. The molecule has 1 spiro atoms. The summed E-state index contributed by atoms with van der Waals surface area (Å²) in [6, 6.07) is 9.61. The number of nitrogens with one attached hydrogen (secondary N) is 1. The first-order valence-electron chi connectivity index (χ1n) is 14.0. The standard InChI is InChI=1S/C29H40N4O3S.ClH/c1-2-3-16-33-26(34)24(19-28(36)12-8-5-9-13-28)31-27(35)29(33)14-17-32(18-15-29)20-23-21-37-25(30-23)22-10-6-4-7-11-22;/h4,6-7,10-11,21,24,36H,2-3,5,8-9,12-20H2,1H3,(H,31,35);1H/t24-;/m1./s1. The zero-order valence-electron chi connectivity index (χ0n) is 22.4. The van der Waals surface area contributed by atoms with E-state index in [2.05, 4.69) is 34.7 Å². The van der Waals surface area contributed by atoms with Gasteiger partial charge in [-0.05, 0) is 32.1 Å². The molecule has 3 aliphatic rings. The first-order valence-corrected chi connectivity index (χ1v) is 14.9. The van der Waals surface area contributed by atoms with E-state index in [-0.39, 0.29) is 24.2 Å². The molecule has 1 atom stereocenters. The lowest BCUT2D eigenvalue weighted by atomic mass is 9.77. The average molecular weight is 561 g/mol. The fourth-order valence-electron chi connectivity index (χ4n) is 6.35. The third-order valence-electron chi connectivity index (χ3n) is 8.55. The number of hydrogen-bond acceptors (Lipinski definition) is 6. The minimum Gasteiger partial charge on any atom is -0.390 e. The molecule has 1 saturated carbocycles. The van der Waals surface area contributed by atoms with Crippen LogP contribution in [0.1, 0.15) is 76.8 Å². The van der Waals surface area contributed by atoms with Crippen LogP contribution in [0.2, 0.25) is 0 Å². The Morgan fingerprint density at radius 1 is 1.08 bits per heavy atom. The van der Waals surface area contributed by atoms with Gasteiger partial charge in [-0.3, -0.25) is 14.5 Å². The third kappa shape index (κ3) is 6.09. The van der Waals surface area contributed by atoms with Gasteiger partial charge in [-0.25, -0.2) is 4.98 Å². The lowest BCUT2D eigenvalue weighted by Gasteiger charge is -2.52. The Labute approximate surface area is 236 Å². The van der Waals surface area contributed by atoms with Crippen molar-refractivity contribution >= 4 is 35.6 Å². The van der Waals surface area contributed by atoms with Gasteiger partial charge in [0.15, 0.2) is 0 Å². The second kappa shape index (κ2) is 12.5. The Morgan fingerprint density at radius 2 is 1.79 bits per heavy atom. The number of carbonyl (C=O) groups is 2. The lowest BCUT2D eigenvalue weighted by molar-refractivity contribution is -0.163. The molecule has 1 aromatic heterocycles. The molecule has 1 aliphatic carbocycles. The minimum atomic E-state index is -0.845. The van der Waals surface area contributed by atoms with E-state index in [1.54, 1.807) is 11.3 Å². The second-order valence-corrected chi connectivity index (χ2v) is 12.0. The molecule has 0 unspecified atom stereocenters. The monoisotopic (exact) mass is 560 g/mol. The second-order valence-electron chi connectivity index (χ2n) is 11.2. The van der Waals surface area contributed by atoms with Crippen LogP contribution in [0.25, 0.3) is 10.6 Å². The summed E-state index contributed by atoms with van der Waals surface area (Å²) in [6.07, 6.45) is 7.95. The highest BCUT2D eigenvalue weighted by molar-refractivity contribution is 7.13. The molecule has 3 heterocycles. The molecule has 38 heavy (non-hydrogen) atoms. The summed E-state index contributed by atoms with van der Waals surface area (Å²) in [5.74, 6) is -0.0419. The van der Waals surface area contributed by atoms with Crippen LogP contribution >= 0.6 is 23.7 Å². The van der Waals surface area contributed by atoms with E-state index in [1.165, 1.54) is 0 Å². The molecule has 1 aromatic carbocycles. The van der Waals surface area contributed by atoms with Gasteiger partial charge in [0.1, 0.15) is 16.6 Å². The van der Waals surface area contributed by atoms with Crippen molar-refractivity contribution in [2.45, 2.75) is 94.9 Å². The molecule has 2 aliphatic heterocycles. The van der Waals surface area contributed by atoms with Crippen molar-refractivity contribution in [3.8, 4) is 10.6 Å². The normalized spacial score (nSPS) is 23.2. The average Bonchev–Trinajstić information content (AvgIpc) is 3.38. The third-order valence-corrected chi connectivity index (χ3v) is 9.49. The maximum atomic E-state index is 13.8. The molecule has 2 N–H and O–H groups in total. The highest BCUT2D eigenvalue weighted by atomic mass is 35.5. The molecule has 3 fully saturated rings. The number of aliphatic hydroxyl groups is 1. The van der Waals surface area contributed by atoms with E-state index in [1.807, 2.05) is 23.1 Å². The van der Waals surface area contributed by atoms with Crippen LogP contribution in [0.3, 0.4) is 0 Å². The van der Waals surface area contributed by atoms with Crippen molar-refractivity contribution in [3.05, 3.63) is 41.4 Å². The number of benzene rings is 1. The largest absolute Gasteiger partial charge is 0.390 e. The zero-order valence-corrected chi connectivity index (χ0v) is 24.0. The van der Waals surface area contributed by atoms with Crippen molar-refractivity contribution in [2.24, 2.45) is 0 Å². The molecular formula is C29H41ClN4O3S. The van der Waals surface area contributed by atoms with E-state index in [4.69, 9.17) is 4.98 Å². The molecule has 2 amide bonds. The highest BCUT2D eigenvalue weighted by Crippen LogP contribution is 2.38. The highest BCUT2D eigenvalue weighted by Gasteiger charge is 2.54. The number of unbranched alkanes of at least 4 members (excludes halogenated alkanes) is 1. The topological polar surface area (TPSA) is 85.8 Å². The predicted octanol–water partition coefficient (Wildman–Crippen LogP) is 4.78. The van der Waals surface area contributed by atoms with Crippen LogP contribution in [0.5, 0.6) is 0 Å². The van der Waals surface area contributed by atoms with Crippen molar-refractivity contribution in [3.63, 3.8) is 0 Å². The van der Waals surface area contributed by atoms with Crippen LogP contribution in [0.4, 0.5) is 0 Å². The SMILES string of the molecule is CCCCN1C(=O)[C@@H](CC2(O)CCCCC2)NC(=O)C12CCN(Cc1csc(-c3ccccc3)n1)CC2.Cl. The number of carbonyl (C=O) groups excluding carboxylic acids is 2. The number of amides is 2. The first kappa shape index (κ1) is 29.0. The van der Waals surface area contributed by atoms with E-state index in [0.29, 0.717) is 38.6 Å². The number of rotatable bonds is 8. The predicted molar refractivity (Wildman–Crippen MR) is 153 cm³/mol. The Balaban J connectivity index is 0.00000336. The Bertz CT molecular complexity index is 1080. The quantitative estimate of drug-likeness (QED) is 0.485. The molecule has 2 aromatic rings. The summed E-state index contributed by atoms with van der Waals surface area (Å²) in [6.45, 7) is 4.96. The van der Waals surface area contributed by atoms with Crippen LogP contribution < -0.4 is 5.32 Å². The fraction of sp³-hybridized carbons (Fsp3) is 0.621. The number of thiazole rings is 1. The van der Waals surface area contributed by atoms with Gasteiger partial charge in [0.2, 0.25) is 11.8 Å². The van der Waals surface area contributed by atoms with E-state index in [0.717, 1.165) is 68.0 Å². The summed E-state index contributed by atoms with van der Waals surface area (Å²) < 4.78 is 0. The molecule has 208 valence electrons. The van der Waals surface area contributed by atoms with Gasteiger partial charge in [0, 0.05) is 43.5 Å². The van der Waals surface area contributed by atoms with E-state index < -0.39 is 17.2 Å². The maximum absolute atomic E-state index is 13.8. The molecule has 2 saturated heterocycles. The van der Waals surface area contributed by atoms with E-state index >= 15 is 0 Å². The van der Waals surface area contributed by atoms with Crippen LogP contribution in [0, 0.1) is 0 Å². The number of piperazine rings is 1. The molecule has 9 heteroatoms. The van der Waals surface area contributed by atoms with Gasteiger partial charge in [-0.1, -0.05) is 62.9 Å². The lowest BCUT2D eigenvalue weighted by Crippen LogP contribution is -2.73. The first-order chi connectivity index (χ1) is 17.9. The Kier molecular flexibility index (Phi) is 9.50. The maximum Gasteiger partial charge on any atom is 0.246 e. The molecule has 7 nitrogen and oxygen atoms in total. The van der Waals surface area contributed by atoms with Gasteiger partial charge in [-0.2, -0.15) is 0 Å². The zero-order chi connectivity index (χ0) is 25.9. The number of likely N-dealkylation sites (tertiary alicyclic amines) is 1. The van der Waals surface area contributed by atoms with Crippen LogP contribution in [-0.4, -0.2) is 68.5 Å². The smallest absolute Gasteiger partial charge is 0.246 e. The summed E-state index contributed by atoms with van der Waals surface area (Å²) in [7, 11) is 0. The van der Waals surface area contributed by atoms with Crippen molar-refractivity contribution in [2.75, 3.05) is 19.6 Å². The molecular weight excluding hydrogens is 520 g/mol. The van der Waals surface area contributed by atoms with Crippen molar-refractivity contribution < 1.29 is 14.7 Å². The van der Waals surface area contributed by atoms with Gasteiger partial charge < -0.3 is 15.3 Å². The van der Waals surface area contributed by atoms with Gasteiger partial charge >= 0.3 is 0 Å². The molecule has 0 bridgehead atoms. The van der Waals surface area contributed by atoms with Crippen molar-refractivity contribution in [1.82, 2.24) is 20.1 Å². The van der Waals surface area contributed by atoms with E-state index in [9.17, 15) is 14.7 Å². The Hall–Kier alpha value is -2.00. The fourth-order valence-corrected chi connectivity index (χ4v) is 7.17. The summed E-state index contributed by atoms with van der Waals surface area (Å²) >= 11 is 1.66. The Morgan fingerprint density at radius 3 is 2.47 bits per heavy atom. The number of nitrogens with zero attached hydrogens (tertiary/aromatic N) is 3. The van der Waals surface area contributed by atoms with Gasteiger partial charge in [0.05, 0.1) is 11.3 Å².